The van der Waals surface area contributed by atoms with Crippen molar-refractivity contribution in [3.63, 3.8) is 0 Å². The van der Waals surface area contributed by atoms with Gasteiger partial charge in [0.05, 0.1) is 28.5 Å². The van der Waals surface area contributed by atoms with Gasteiger partial charge in [-0.05, 0) is 34.7 Å². The van der Waals surface area contributed by atoms with Gasteiger partial charge in [-0.2, -0.15) is 5.10 Å². The Bertz CT molecular complexity index is 414. The summed E-state index contributed by atoms with van der Waals surface area (Å²) in [6.45, 7) is 12.1. The lowest BCUT2D eigenvalue weighted by atomic mass is 9.83. The lowest BCUT2D eigenvalue weighted by molar-refractivity contribution is -0.0386. The van der Waals surface area contributed by atoms with Crippen molar-refractivity contribution in [3.05, 3.63) is 16.4 Å². The summed E-state index contributed by atoms with van der Waals surface area (Å²) < 4.78 is 8.92. The first-order valence-corrected chi connectivity index (χ1v) is 7.95. The fourth-order valence-corrected chi connectivity index (χ4v) is 2.95. The second-order valence-electron chi connectivity index (χ2n) is 5.99. The van der Waals surface area contributed by atoms with E-state index in [1.807, 2.05) is 17.8 Å². The predicted octanol–water partition coefficient (Wildman–Crippen LogP) is 3.01. The van der Waals surface area contributed by atoms with Crippen molar-refractivity contribution in [1.82, 2.24) is 15.2 Å². The van der Waals surface area contributed by atoms with Crippen molar-refractivity contribution >= 4 is 15.9 Å². The highest BCUT2D eigenvalue weighted by Gasteiger charge is 2.36. The molecule has 1 heterocycles. The molecule has 0 fully saturated rings. The SMILES string of the molecule is CCCn1ncc(Br)c1C(NN)C(OCC)C(C)(C)C. The summed E-state index contributed by atoms with van der Waals surface area (Å²) in [4.78, 5) is 0. The van der Waals surface area contributed by atoms with E-state index < -0.39 is 0 Å². The number of hydrogen-bond acceptors (Lipinski definition) is 4. The molecule has 0 aliphatic heterocycles. The average Bonchev–Trinajstić information content (AvgIpc) is 2.71. The van der Waals surface area contributed by atoms with Crippen molar-refractivity contribution < 1.29 is 4.74 Å². The van der Waals surface area contributed by atoms with Crippen molar-refractivity contribution in [2.45, 2.75) is 59.7 Å². The van der Waals surface area contributed by atoms with Gasteiger partial charge in [-0.3, -0.25) is 10.5 Å². The Morgan fingerprint density at radius 3 is 2.55 bits per heavy atom. The molecule has 0 amide bonds. The van der Waals surface area contributed by atoms with E-state index in [2.05, 4.69) is 54.1 Å². The molecule has 0 bridgehead atoms. The number of nitrogens with two attached hydrogens (primary N) is 1. The van der Waals surface area contributed by atoms with Gasteiger partial charge in [-0.1, -0.05) is 27.7 Å². The maximum atomic E-state index is 5.97. The third-order valence-corrected chi connectivity index (χ3v) is 3.86. The molecule has 20 heavy (non-hydrogen) atoms. The van der Waals surface area contributed by atoms with E-state index in [1.165, 1.54) is 0 Å². The number of halogens is 1. The highest BCUT2D eigenvalue weighted by Crippen LogP contribution is 2.35. The van der Waals surface area contributed by atoms with Gasteiger partial charge in [0.15, 0.2) is 0 Å². The number of ether oxygens (including phenoxy) is 1. The number of aryl methyl sites for hydroxylation is 1. The van der Waals surface area contributed by atoms with Gasteiger partial charge in [0.2, 0.25) is 0 Å². The minimum Gasteiger partial charge on any atom is -0.376 e. The third kappa shape index (κ3) is 4.04. The molecule has 0 spiro atoms. The molecule has 0 saturated heterocycles. The number of nitrogens with zero attached hydrogens (tertiary/aromatic N) is 2. The van der Waals surface area contributed by atoms with Crippen LogP contribution in [0.15, 0.2) is 10.7 Å². The number of aromatic nitrogens is 2. The standard InChI is InChI=1S/C14H27BrN4O/c1-6-8-19-12(10(15)9-17-19)11(18-16)13(20-7-2)14(3,4)5/h9,11,13,18H,6-8,16H2,1-5H3. The molecule has 1 aromatic rings. The summed E-state index contributed by atoms with van der Waals surface area (Å²) in [6.07, 6.45) is 2.80. The van der Waals surface area contributed by atoms with Crippen LogP contribution >= 0.6 is 15.9 Å². The minimum absolute atomic E-state index is 0.0339. The van der Waals surface area contributed by atoms with E-state index in [-0.39, 0.29) is 17.6 Å². The first-order chi connectivity index (χ1) is 9.36. The third-order valence-electron chi connectivity index (χ3n) is 3.25. The van der Waals surface area contributed by atoms with Crippen molar-refractivity contribution in [1.29, 1.82) is 0 Å². The van der Waals surface area contributed by atoms with Crippen LogP contribution in [0.25, 0.3) is 0 Å². The largest absolute Gasteiger partial charge is 0.376 e. The molecule has 0 saturated carbocycles. The van der Waals surface area contributed by atoms with E-state index in [0.717, 1.165) is 23.1 Å². The highest BCUT2D eigenvalue weighted by molar-refractivity contribution is 9.10. The number of rotatable bonds is 7. The Morgan fingerprint density at radius 1 is 1.45 bits per heavy atom. The van der Waals surface area contributed by atoms with Crippen LogP contribution in [0.5, 0.6) is 0 Å². The molecule has 0 radical (unpaired) electrons. The number of hydrazine groups is 1. The minimum atomic E-state index is -0.113. The Morgan fingerprint density at radius 2 is 2.10 bits per heavy atom. The average molecular weight is 347 g/mol. The highest BCUT2D eigenvalue weighted by atomic mass is 79.9. The van der Waals surface area contributed by atoms with Gasteiger partial charge in [-0.25, -0.2) is 5.43 Å². The summed E-state index contributed by atoms with van der Waals surface area (Å²) in [7, 11) is 0. The lowest BCUT2D eigenvalue weighted by Crippen LogP contribution is -2.45. The summed E-state index contributed by atoms with van der Waals surface area (Å²) in [5, 5.41) is 4.42. The Labute approximate surface area is 130 Å². The van der Waals surface area contributed by atoms with Crippen molar-refractivity contribution in [3.8, 4) is 0 Å². The first kappa shape index (κ1) is 17.6. The van der Waals surface area contributed by atoms with Crippen LogP contribution < -0.4 is 11.3 Å². The van der Waals surface area contributed by atoms with Crippen molar-refractivity contribution in [2.24, 2.45) is 11.3 Å². The van der Waals surface area contributed by atoms with Crippen LogP contribution in [0.2, 0.25) is 0 Å². The van der Waals surface area contributed by atoms with Gasteiger partial charge in [0.25, 0.3) is 0 Å². The van der Waals surface area contributed by atoms with Crippen LogP contribution in [-0.2, 0) is 11.3 Å². The molecular weight excluding hydrogens is 320 g/mol. The van der Waals surface area contributed by atoms with Crippen molar-refractivity contribution in [2.75, 3.05) is 6.61 Å². The topological polar surface area (TPSA) is 65.1 Å². The lowest BCUT2D eigenvalue weighted by Gasteiger charge is -2.36. The normalized spacial score (nSPS) is 15.3. The van der Waals surface area contributed by atoms with E-state index in [1.54, 1.807) is 0 Å². The van der Waals surface area contributed by atoms with Gasteiger partial charge in [0, 0.05) is 13.2 Å². The quantitative estimate of drug-likeness (QED) is 0.588. The smallest absolute Gasteiger partial charge is 0.0906 e. The molecule has 6 heteroatoms. The van der Waals surface area contributed by atoms with Gasteiger partial charge >= 0.3 is 0 Å². The maximum absolute atomic E-state index is 5.97. The molecule has 1 aromatic heterocycles. The Hall–Kier alpha value is -0.430. The van der Waals surface area contributed by atoms with Gasteiger partial charge in [-0.15, -0.1) is 0 Å². The number of nitrogens with one attached hydrogen (secondary N) is 1. The zero-order valence-electron chi connectivity index (χ0n) is 13.1. The zero-order chi connectivity index (χ0) is 15.3. The predicted molar refractivity (Wildman–Crippen MR) is 85.2 cm³/mol. The van der Waals surface area contributed by atoms with Crippen LogP contribution in [0.3, 0.4) is 0 Å². The van der Waals surface area contributed by atoms with Crippen LogP contribution in [-0.4, -0.2) is 22.5 Å². The van der Waals surface area contributed by atoms with Gasteiger partial charge in [0.1, 0.15) is 0 Å². The van der Waals surface area contributed by atoms with E-state index in [4.69, 9.17) is 10.6 Å². The molecular formula is C14H27BrN4O. The summed E-state index contributed by atoms with van der Waals surface area (Å²) in [5.74, 6) is 5.83. The van der Waals surface area contributed by atoms with E-state index >= 15 is 0 Å². The molecule has 5 nitrogen and oxygen atoms in total. The Balaban J connectivity index is 3.19. The second-order valence-corrected chi connectivity index (χ2v) is 6.84. The second kappa shape index (κ2) is 7.54. The first-order valence-electron chi connectivity index (χ1n) is 7.15. The fourth-order valence-electron chi connectivity index (χ4n) is 2.41. The molecule has 3 N–H and O–H groups in total. The molecule has 0 aromatic carbocycles. The van der Waals surface area contributed by atoms with E-state index in [0.29, 0.717) is 6.61 Å². The molecule has 0 aliphatic rings. The molecule has 116 valence electrons. The number of hydrogen-bond donors (Lipinski definition) is 2. The molecule has 2 unspecified atom stereocenters. The van der Waals surface area contributed by atoms with Crippen LogP contribution in [0, 0.1) is 5.41 Å². The summed E-state index contributed by atoms with van der Waals surface area (Å²) in [5.41, 5.74) is 3.93. The fraction of sp³-hybridized carbons (Fsp3) is 0.786. The Kier molecular flexibility index (Phi) is 6.64. The summed E-state index contributed by atoms with van der Waals surface area (Å²) >= 11 is 3.58. The summed E-state index contributed by atoms with van der Waals surface area (Å²) in [6, 6.07) is -0.113. The maximum Gasteiger partial charge on any atom is 0.0906 e. The molecule has 2 atom stereocenters. The molecule has 0 aliphatic carbocycles. The molecule has 1 rings (SSSR count). The monoisotopic (exact) mass is 346 g/mol. The van der Waals surface area contributed by atoms with E-state index in [9.17, 15) is 0 Å². The van der Waals surface area contributed by atoms with Crippen LogP contribution in [0.4, 0.5) is 0 Å². The zero-order valence-corrected chi connectivity index (χ0v) is 14.7. The van der Waals surface area contributed by atoms with Gasteiger partial charge < -0.3 is 4.74 Å². The van der Waals surface area contributed by atoms with Crippen LogP contribution in [0.1, 0.15) is 52.8 Å².